The van der Waals surface area contributed by atoms with Crippen LogP contribution in [0.3, 0.4) is 0 Å². The summed E-state index contributed by atoms with van der Waals surface area (Å²) in [4.78, 5) is 26.1. The summed E-state index contributed by atoms with van der Waals surface area (Å²) < 4.78 is 5.39. The molecule has 3 rings (SSSR count). The number of rotatable bonds is 3. The van der Waals surface area contributed by atoms with Gasteiger partial charge in [0.25, 0.3) is 5.91 Å². The molecule has 5 nitrogen and oxygen atoms in total. The average molecular weight is 330 g/mol. The molecule has 0 bridgehead atoms. The van der Waals surface area contributed by atoms with Gasteiger partial charge in [0.15, 0.2) is 0 Å². The van der Waals surface area contributed by atoms with Gasteiger partial charge in [-0.3, -0.25) is 9.59 Å². The van der Waals surface area contributed by atoms with E-state index in [1.165, 1.54) is 32.6 Å². The summed E-state index contributed by atoms with van der Waals surface area (Å²) in [6, 6.07) is 5.21. The predicted molar refractivity (Wildman–Crippen MR) is 93.3 cm³/mol. The summed E-state index contributed by atoms with van der Waals surface area (Å²) in [5, 5.41) is 2.72. The molecule has 1 N–H and O–H groups in total. The lowest BCUT2D eigenvalue weighted by Gasteiger charge is -2.41. The van der Waals surface area contributed by atoms with Gasteiger partial charge in [0.1, 0.15) is 5.75 Å². The second-order valence-electron chi connectivity index (χ2n) is 6.94. The molecule has 1 aliphatic carbocycles. The Morgan fingerprint density at radius 3 is 2.62 bits per heavy atom. The van der Waals surface area contributed by atoms with Gasteiger partial charge in [0.2, 0.25) is 5.91 Å². The largest absolute Gasteiger partial charge is 0.496 e. The van der Waals surface area contributed by atoms with E-state index < -0.39 is 0 Å². The molecule has 0 radical (unpaired) electrons. The molecule has 2 fully saturated rings. The number of carbonyl (C=O) groups is 2. The number of anilines is 1. The maximum absolute atomic E-state index is 12.9. The molecular formula is C19H26N2O3. The van der Waals surface area contributed by atoms with Crippen molar-refractivity contribution in [1.29, 1.82) is 0 Å². The minimum atomic E-state index is -0.143. The molecule has 5 heteroatoms. The first-order chi connectivity index (χ1) is 11.6. The summed E-state index contributed by atoms with van der Waals surface area (Å²) in [5.41, 5.74) is 1.21. The Hall–Kier alpha value is -2.04. The van der Waals surface area contributed by atoms with E-state index >= 15 is 0 Å². The van der Waals surface area contributed by atoms with Crippen LogP contribution in [-0.2, 0) is 4.79 Å². The van der Waals surface area contributed by atoms with Crippen molar-refractivity contribution >= 4 is 17.5 Å². The molecular weight excluding hydrogens is 304 g/mol. The van der Waals surface area contributed by atoms with Gasteiger partial charge in [-0.05, 0) is 36.8 Å². The monoisotopic (exact) mass is 330 g/mol. The zero-order valence-corrected chi connectivity index (χ0v) is 14.5. The fourth-order valence-electron chi connectivity index (χ4n) is 4.10. The van der Waals surface area contributed by atoms with Crippen LogP contribution in [0.4, 0.5) is 5.69 Å². The Kier molecular flexibility index (Phi) is 5.07. The van der Waals surface area contributed by atoms with Gasteiger partial charge >= 0.3 is 0 Å². The van der Waals surface area contributed by atoms with Gasteiger partial charge in [-0.2, -0.15) is 0 Å². The van der Waals surface area contributed by atoms with Gasteiger partial charge in [-0.1, -0.05) is 19.3 Å². The lowest BCUT2D eigenvalue weighted by Crippen LogP contribution is -2.44. The van der Waals surface area contributed by atoms with Crippen LogP contribution in [-0.4, -0.2) is 36.9 Å². The van der Waals surface area contributed by atoms with Gasteiger partial charge in [0.05, 0.1) is 12.7 Å². The fourth-order valence-corrected chi connectivity index (χ4v) is 4.10. The second-order valence-corrected chi connectivity index (χ2v) is 6.94. The predicted octanol–water partition coefficient (Wildman–Crippen LogP) is 3.31. The molecule has 1 heterocycles. The summed E-state index contributed by atoms with van der Waals surface area (Å²) in [6.45, 7) is 3.15. The van der Waals surface area contributed by atoms with Crippen LogP contribution in [0.15, 0.2) is 18.2 Å². The van der Waals surface area contributed by atoms with Gasteiger partial charge in [0, 0.05) is 31.8 Å². The van der Waals surface area contributed by atoms with Gasteiger partial charge in [-0.15, -0.1) is 0 Å². The molecule has 0 aromatic heterocycles. The number of hydrogen-bond acceptors (Lipinski definition) is 3. The van der Waals surface area contributed by atoms with Crippen molar-refractivity contribution in [1.82, 2.24) is 4.90 Å². The number of piperidine rings is 1. The Balaban J connectivity index is 1.75. The van der Waals surface area contributed by atoms with E-state index in [2.05, 4.69) is 5.32 Å². The van der Waals surface area contributed by atoms with Crippen LogP contribution in [0.25, 0.3) is 0 Å². The smallest absolute Gasteiger partial charge is 0.257 e. The second kappa shape index (κ2) is 7.24. The maximum Gasteiger partial charge on any atom is 0.257 e. The zero-order chi connectivity index (χ0) is 17.1. The molecule has 1 aromatic rings. The van der Waals surface area contributed by atoms with Crippen molar-refractivity contribution in [3.05, 3.63) is 23.8 Å². The number of hydrogen-bond donors (Lipinski definition) is 1. The SMILES string of the molecule is COc1cc(NC(C)=O)ccc1C(=O)N1CC[C@H]2CCCC[C@H]2C1. The van der Waals surface area contributed by atoms with Crippen LogP contribution < -0.4 is 10.1 Å². The minimum absolute atomic E-state index is 0.0326. The van der Waals surface area contributed by atoms with Gasteiger partial charge < -0.3 is 15.0 Å². The minimum Gasteiger partial charge on any atom is -0.496 e. The van der Waals surface area contributed by atoms with Crippen LogP contribution in [0.5, 0.6) is 5.75 Å². The molecule has 24 heavy (non-hydrogen) atoms. The third-order valence-corrected chi connectivity index (χ3v) is 5.33. The van der Waals surface area contributed by atoms with E-state index in [-0.39, 0.29) is 11.8 Å². The Morgan fingerprint density at radius 2 is 1.92 bits per heavy atom. The first-order valence-electron chi connectivity index (χ1n) is 8.83. The highest BCUT2D eigenvalue weighted by Gasteiger charge is 2.33. The summed E-state index contributed by atoms with van der Waals surface area (Å²) in [6.07, 6.45) is 6.31. The molecule has 1 aromatic carbocycles. The van der Waals surface area contributed by atoms with E-state index in [1.807, 2.05) is 4.90 Å². The quantitative estimate of drug-likeness (QED) is 0.925. The van der Waals surface area contributed by atoms with E-state index in [1.54, 1.807) is 25.3 Å². The van der Waals surface area contributed by atoms with Crippen LogP contribution in [0, 0.1) is 11.8 Å². The van der Waals surface area contributed by atoms with Crippen molar-refractivity contribution in [2.24, 2.45) is 11.8 Å². The number of amides is 2. The molecule has 1 aliphatic heterocycles. The van der Waals surface area contributed by atoms with Crippen molar-refractivity contribution in [2.45, 2.75) is 39.0 Å². The van der Waals surface area contributed by atoms with E-state index in [0.717, 1.165) is 25.4 Å². The van der Waals surface area contributed by atoms with Gasteiger partial charge in [-0.25, -0.2) is 0 Å². The third kappa shape index (κ3) is 3.55. The number of nitrogens with one attached hydrogen (secondary N) is 1. The third-order valence-electron chi connectivity index (χ3n) is 5.33. The number of benzene rings is 1. The summed E-state index contributed by atoms with van der Waals surface area (Å²) >= 11 is 0. The molecule has 2 atom stereocenters. The Morgan fingerprint density at radius 1 is 1.17 bits per heavy atom. The highest BCUT2D eigenvalue weighted by Crippen LogP contribution is 2.37. The molecule has 0 spiro atoms. The van der Waals surface area contributed by atoms with E-state index in [0.29, 0.717) is 22.9 Å². The lowest BCUT2D eigenvalue weighted by atomic mass is 9.75. The molecule has 1 saturated heterocycles. The van der Waals surface area contributed by atoms with E-state index in [4.69, 9.17) is 4.74 Å². The number of methoxy groups -OCH3 is 1. The lowest BCUT2D eigenvalue weighted by molar-refractivity contribution is -0.114. The fraction of sp³-hybridized carbons (Fsp3) is 0.579. The maximum atomic E-state index is 12.9. The molecule has 0 unspecified atom stereocenters. The molecule has 2 aliphatic rings. The van der Waals surface area contributed by atoms with Crippen LogP contribution in [0.1, 0.15) is 49.4 Å². The van der Waals surface area contributed by atoms with Crippen molar-refractivity contribution in [3.8, 4) is 5.75 Å². The molecule has 130 valence electrons. The van der Waals surface area contributed by atoms with Crippen molar-refractivity contribution in [3.63, 3.8) is 0 Å². The number of likely N-dealkylation sites (tertiary alicyclic amines) is 1. The highest BCUT2D eigenvalue weighted by molar-refractivity contribution is 5.98. The topological polar surface area (TPSA) is 58.6 Å². The van der Waals surface area contributed by atoms with E-state index in [9.17, 15) is 9.59 Å². The molecule has 2 amide bonds. The first kappa shape index (κ1) is 16.8. The average Bonchev–Trinajstić information content (AvgIpc) is 2.60. The molecule has 1 saturated carbocycles. The number of ether oxygens (including phenoxy) is 1. The summed E-state index contributed by atoms with van der Waals surface area (Å²) in [7, 11) is 1.55. The first-order valence-corrected chi connectivity index (χ1v) is 8.83. The van der Waals surface area contributed by atoms with Crippen LogP contribution in [0.2, 0.25) is 0 Å². The Labute approximate surface area is 143 Å². The number of fused-ring (bicyclic) bond motifs is 1. The van der Waals surface area contributed by atoms with Crippen molar-refractivity contribution in [2.75, 3.05) is 25.5 Å². The number of nitrogens with zero attached hydrogens (tertiary/aromatic N) is 1. The zero-order valence-electron chi connectivity index (χ0n) is 14.5. The Bertz CT molecular complexity index is 629. The highest BCUT2D eigenvalue weighted by atomic mass is 16.5. The van der Waals surface area contributed by atoms with Crippen molar-refractivity contribution < 1.29 is 14.3 Å². The standard InChI is InChI=1S/C19H26N2O3/c1-13(22)20-16-7-8-17(18(11-16)24-2)19(23)21-10-9-14-5-3-4-6-15(14)12-21/h7-8,11,14-15H,3-6,9-10,12H2,1-2H3,(H,20,22)/t14-,15+/m1/s1. The van der Waals surface area contributed by atoms with Crippen LogP contribution >= 0.6 is 0 Å². The summed E-state index contributed by atoms with van der Waals surface area (Å²) in [5.74, 6) is 1.85. The normalized spacial score (nSPS) is 23.3. The number of carbonyl (C=O) groups excluding carboxylic acids is 2.